The Morgan fingerprint density at radius 1 is 1.29 bits per heavy atom. The fraction of sp³-hybridized carbons (Fsp3) is 0.643. The number of hydrogen-bond acceptors (Lipinski definition) is 3. The molecule has 0 saturated carbocycles. The zero-order chi connectivity index (χ0) is 12.7. The summed E-state index contributed by atoms with van der Waals surface area (Å²) in [6.45, 7) is 8.20. The van der Waals surface area contributed by atoms with E-state index in [1.54, 1.807) is 7.11 Å². The first-order valence-corrected chi connectivity index (χ1v) is 6.40. The molecule has 0 fully saturated rings. The molecule has 0 aliphatic rings. The van der Waals surface area contributed by atoms with E-state index in [9.17, 15) is 0 Å². The van der Waals surface area contributed by atoms with Gasteiger partial charge in [0.05, 0.1) is 12.8 Å². The van der Waals surface area contributed by atoms with Crippen LogP contribution in [0.2, 0.25) is 0 Å². The molecule has 0 atom stereocenters. The average molecular weight is 236 g/mol. The number of hydrogen-bond donors (Lipinski definition) is 1. The largest absolute Gasteiger partial charge is 0.496 e. The Balaban J connectivity index is 2.54. The quantitative estimate of drug-likeness (QED) is 0.739. The molecule has 0 radical (unpaired) electrons. The Kier molecular flexibility index (Phi) is 5.98. The van der Waals surface area contributed by atoms with Crippen molar-refractivity contribution in [2.75, 3.05) is 13.7 Å². The molecule has 0 aliphatic carbocycles. The third-order valence-corrected chi connectivity index (χ3v) is 3.00. The molecule has 1 N–H and O–H groups in total. The van der Waals surface area contributed by atoms with Crippen LogP contribution in [0.3, 0.4) is 0 Å². The normalized spacial score (nSPS) is 10.6. The minimum Gasteiger partial charge on any atom is -0.496 e. The van der Waals surface area contributed by atoms with Crippen LogP contribution in [0.25, 0.3) is 0 Å². The molecular weight excluding hydrogens is 212 g/mol. The summed E-state index contributed by atoms with van der Waals surface area (Å²) in [5.41, 5.74) is 3.33. The molecule has 0 unspecified atom stereocenters. The van der Waals surface area contributed by atoms with Gasteiger partial charge < -0.3 is 10.1 Å². The summed E-state index contributed by atoms with van der Waals surface area (Å²) in [5.74, 6) is 0.963. The predicted molar refractivity (Wildman–Crippen MR) is 71.5 cm³/mol. The molecule has 96 valence electrons. The van der Waals surface area contributed by atoms with E-state index in [-0.39, 0.29) is 0 Å². The van der Waals surface area contributed by atoms with Crippen molar-refractivity contribution in [2.24, 2.45) is 0 Å². The van der Waals surface area contributed by atoms with Crippen molar-refractivity contribution in [1.82, 2.24) is 10.3 Å². The summed E-state index contributed by atoms with van der Waals surface area (Å²) in [4.78, 5) is 4.46. The molecule has 3 nitrogen and oxygen atoms in total. The van der Waals surface area contributed by atoms with Gasteiger partial charge in [0.15, 0.2) is 0 Å². The lowest BCUT2D eigenvalue weighted by Gasteiger charge is -2.12. The van der Waals surface area contributed by atoms with Gasteiger partial charge in [-0.15, -0.1) is 0 Å². The summed E-state index contributed by atoms with van der Waals surface area (Å²) < 4.78 is 5.39. The van der Waals surface area contributed by atoms with Crippen LogP contribution in [0.15, 0.2) is 6.20 Å². The summed E-state index contributed by atoms with van der Waals surface area (Å²) >= 11 is 0. The van der Waals surface area contributed by atoms with Gasteiger partial charge >= 0.3 is 0 Å². The van der Waals surface area contributed by atoms with Gasteiger partial charge in [0.2, 0.25) is 0 Å². The Bertz CT molecular complexity index is 350. The highest BCUT2D eigenvalue weighted by molar-refractivity contribution is 5.40. The Morgan fingerprint density at radius 2 is 2.06 bits per heavy atom. The minimum atomic E-state index is 0.826. The highest BCUT2D eigenvalue weighted by atomic mass is 16.5. The number of nitrogens with one attached hydrogen (secondary N) is 1. The van der Waals surface area contributed by atoms with Crippen LogP contribution >= 0.6 is 0 Å². The second-order valence-corrected chi connectivity index (χ2v) is 4.43. The third-order valence-electron chi connectivity index (χ3n) is 3.00. The molecule has 1 heterocycles. The first-order chi connectivity index (χ1) is 8.20. The molecule has 0 bridgehead atoms. The number of unbranched alkanes of at least 4 members (excludes halogenated alkanes) is 2. The highest BCUT2D eigenvalue weighted by Crippen LogP contribution is 2.23. The Morgan fingerprint density at radius 3 is 2.71 bits per heavy atom. The number of ether oxygens (including phenoxy) is 1. The summed E-state index contributed by atoms with van der Waals surface area (Å²) in [5, 5.41) is 3.43. The number of aryl methyl sites for hydroxylation is 1. The van der Waals surface area contributed by atoms with Gasteiger partial charge in [0.25, 0.3) is 0 Å². The van der Waals surface area contributed by atoms with E-state index in [1.165, 1.54) is 19.3 Å². The zero-order valence-electron chi connectivity index (χ0n) is 11.5. The highest BCUT2D eigenvalue weighted by Gasteiger charge is 2.08. The molecule has 1 aromatic heterocycles. The lowest BCUT2D eigenvalue weighted by molar-refractivity contribution is 0.406. The fourth-order valence-electron chi connectivity index (χ4n) is 1.96. The van der Waals surface area contributed by atoms with Crippen molar-refractivity contribution >= 4 is 0 Å². The molecule has 3 heteroatoms. The Hall–Kier alpha value is -1.09. The minimum absolute atomic E-state index is 0.826. The van der Waals surface area contributed by atoms with Crippen LogP contribution < -0.4 is 10.1 Å². The van der Waals surface area contributed by atoms with Crippen molar-refractivity contribution < 1.29 is 4.74 Å². The monoisotopic (exact) mass is 236 g/mol. The molecule has 0 amide bonds. The van der Waals surface area contributed by atoms with Gasteiger partial charge in [0.1, 0.15) is 5.75 Å². The topological polar surface area (TPSA) is 34.2 Å². The van der Waals surface area contributed by atoms with E-state index in [4.69, 9.17) is 4.74 Å². The maximum absolute atomic E-state index is 5.39. The van der Waals surface area contributed by atoms with Gasteiger partial charge in [0, 0.05) is 23.9 Å². The van der Waals surface area contributed by atoms with Crippen LogP contribution in [-0.2, 0) is 6.54 Å². The maximum Gasteiger partial charge on any atom is 0.128 e. The predicted octanol–water partition coefficient (Wildman–Crippen LogP) is 2.99. The van der Waals surface area contributed by atoms with Gasteiger partial charge in [-0.05, 0) is 26.8 Å². The lowest BCUT2D eigenvalue weighted by Crippen LogP contribution is -2.16. The number of methoxy groups -OCH3 is 1. The van der Waals surface area contributed by atoms with E-state index >= 15 is 0 Å². The molecular formula is C14H24N2O. The van der Waals surface area contributed by atoms with E-state index in [1.807, 2.05) is 13.1 Å². The standard InChI is InChI=1S/C14H24N2O/c1-5-6-7-8-15-10-13-12(3)14(17-4)11(2)9-16-13/h9,15H,5-8,10H2,1-4H3. The summed E-state index contributed by atoms with van der Waals surface area (Å²) in [7, 11) is 1.72. The fourth-order valence-corrected chi connectivity index (χ4v) is 1.96. The van der Waals surface area contributed by atoms with Gasteiger partial charge in [-0.3, -0.25) is 4.98 Å². The number of rotatable bonds is 7. The zero-order valence-corrected chi connectivity index (χ0v) is 11.5. The molecule has 0 aliphatic heterocycles. The van der Waals surface area contributed by atoms with E-state index in [0.29, 0.717) is 0 Å². The van der Waals surface area contributed by atoms with Crippen molar-refractivity contribution in [2.45, 2.75) is 46.6 Å². The van der Waals surface area contributed by atoms with E-state index < -0.39 is 0 Å². The van der Waals surface area contributed by atoms with Crippen molar-refractivity contribution in [3.63, 3.8) is 0 Å². The number of pyridine rings is 1. The second kappa shape index (κ2) is 7.28. The van der Waals surface area contributed by atoms with Gasteiger partial charge in [-0.2, -0.15) is 0 Å². The third kappa shape index (κ3) is 4.00. The van der Waals surface area contributed by atoms with Crippen LogP contribution in [-0.4, -0.2) is 18.6 Å². The van der Waals surface area contributed by atoms with Crippen molar-refractivity contribution in [3.8, 4) is 5.75 Å². The molecule has 0 aromatic carbocycles. The molecule has 17 heavy (non-hydrogen) atoms. The first kappa shape index (κ1) is 14.0. The smallest absolute Gasteiger partial charge is 0.128 e. The summed E-state index contributed by atoms with van der Waals surface area (Å²) in [6.07, 6.45) is 5.67. The Labute approximate surface area is 105 Å². The van der Waals surface area contributed by atoms with Crippen LogP contribution in [0.1, 0.15) is 43.0 Å². The number of aromatic nitrogens is 1. The van der Waals surface area contributed by atoms with Crippen LogP contribution in [0.5, 0.6) is 5.75 Å². The number of nitrogens with zero attached hydrogens (tertiary/aromatic N) is 1. The SMILES string of the molecule is CCCCCNCc1ncc(C)c(OC)c1C. The van der Waals surface area contributed by atoms with Crippen molar-refractivity contribution in [1.29, 1.82) is 0 Å². The lowest BCUT2D eigenvalue weighted by atomic mass is 10.1. The van der Waals surface area contributed by atoms with Crippen molar-refractivity contribution in [3.05, 3.63) is 23.0 Å². The molecule has 1 aromatic rings. The van der Waals surface area contributed by atoms with Gasteiger partial charge in [-0.25, -0.2) is 0 Å². The maximum atomic E-state index is 5.39. The molecule has 1 rings (SSSR count). The van der Waals surface area contributed by atoms with E-state index in [2.05, 4.69) is 24.1 Å². The average Bonchev–Trinajstić information content (AvgIpc) is 2.32. The van der Waals surface area contributed by atoms with E-state index in [0.717, 1.165) is 35.7 Å². The first-order valence-electron chi connectivity index (χ1n) is 6.40. The molecule has 0 saturated heterocycles. The van der Waals surface area contributed by atoms with Crippen LogP contribution in [0.4, 0.5) is 0 Å². The second-order valence-electron chi connectivity index (χ2n) is 4.43. The van der Waals surface area contributed by atoms with Crippen LogP contribution in [0, 0.1) is 13.8 Å². The summed E-state index contributed by atoms with van der Waals surface area (Å²) in [6, 6.07) is 0. The molecule has 0 spiro atoms. The van der Waals surface area contributed by atoms with Gasteiger partial charge in [-0.1, -0.05) is 19.8 Å².